The first-order chi connectivity index (χ1) is 9.60. The Labute approximate surface area is 117 Å². The second-order valence-corrected chi connectivity index (χ2v) is 4.78. The minimum absolute atomic E-state index is 0.0438. The number of ether oxygens (including phenoxy) is 1. The number of aryl methyl sites for hydroxylation is 1. The van der Waals surface area contributed by atoms with Gasteiger partial charge in [-0.3, -0.25) is 14.0 Å². The van der Waals surface area contributed by atoms with Crippen LogP contribution in [0.25, 0.3) is 5.65 Å². The van der Waals surface area contributed by atoms with Crippen LogP contribution < -0.4 is 5.56 Å². The van der Waals surface area contributed by atoms with Crippen molar-refractivity contribution in [1.82, 2.24) is 9.38 Å². The average Bonchev–Trinajstić information content (AvgIpc) is 2.43. The van der Waals surface area contributed by atoms with E-state index in [0.717, 1.165) is 18.4 Å². The first kappa shape index (κ1) is 14.2. The number of carbonyl (C=O) groups excluding carboxylic acids is 1. The van der Waals surface area contributed by atoms with Gasteiger partial charge in [-0.15, -0.1) is 0 Å². The number of pyridine rings is 1. The highest BCUT2D eigenvalue weighted by molar-refractivity contribution is 5.69. The second kappa shape index (κ2) is 6.32. The molecule has 0 unspecified atom stereocenters. The third-order valence-electron chi connectivity index (χ3n) is 2.98. The highest BCUT2D eigenvalue weighted by Crippen LogP contribution is 2.04. The summed E-state index contributed by atoms with van der Waals surface area (Å²) in [7, 11) is 0. The molecule has 20 heavy (non-hydrogen) atoms. The van der Waals surface area contributed by atoms with Crippen molar-refractivity contribution in [2.75, 3.05) is 0 Å². The first-order valence-electron chi connectivity index (χ1n) is 6.74. The Kier molecular flexibility index (Phi) is 4.50. The van der Waals surface area contributed by atoms with Gasteiger partial charge in [-0.1, -0.05) is 19.4 Å². The predicted molar refractivity (Wildman–Crippen MR) is 75.5 cm³/mol. The molecule has 0 spiro atoms. The lowest BCUT2D eigenvalue weighted by atomic mass is 10.2. The van der Waals surface area contributed by atoms with Crippen molar-refractivity contribution in [1.29, 1.82) is 0 Å². The van der Waals surface area contributed by atoms with Crippen molar-refractivity contribution in [3.8, 4) is 0 Å². The Morgan fingerprint density at radius 3 is 2.95 bits per heavy atom. The molecule has 0 aliphatic carbocycles. The monoisotopic (exact) mass is 274 g/mol. The number of fused-ring (bicyclic) bond motifs is 1. The van der Waals surface area contributed by atoms with Crippen molar-refractivity contribution >= 4 is 11.6 Å². The van der Waals surface area contributed by atoms with E-state index in [9.17, 15) is 9.59 Å². The molecule has 0 fully saturated rings. The molecular formula is C15H18N2O3. The third kappa shape index (κ3) is 3.44. The van der Waals surface area contributed by atoms with Gasteiger partial charge in [0.1, 0.15) is 12.3 Å². The number of hydrogen-bond acceptors (Lipinski definition) is 4. The average molecular weight is 274 g/mol. The Hall–Kier alpha value is -2.17. The quantitative estimate of drug-likeness (QED) is 0.784. The second-order valence-electron chi connectivity index (χ2n) is 4.78. The van der Waals surface area contributed by atoms with Gasteiger partial charge in [-0.25, -0.2) is 4.98 Å². The SMILES string of the molecule is CCCCC(=O)OCc1cc(=O)n2cc(C)ccc2n1. The molecule has 0 aromatic carbocycles. The fraction of sp³-hybridized carbons (Fsp3) is 0.400. The number of aromatic nitrogens is 2. The lowest BCUT2D eigenvalue weighted by molar-refractivity contribution is -0.145. The minimum atomic E-state index is -0.252. The van der Waals surface area contributed by atoms with Crippen molar-refractivity contribution in [3.05, 3.63) is 46.0 Å². The van der Waals surface area contributed by atoms with Crippen molar-refractivity contribution in [2.24, 2.45) is 0 Å². The van der Waals surface area contributed by atoms with Crippen LogP contribution in [-0.2, 0) is 16.1 Å². The maximum absolute atomic E-state index is 12.0. The standard InChI is InChI=1S/C15H18N2O3/c1-3-4-5-15(19)20-10-12-8-14(18)17-9-11(2)6-7-13(17)16-12/h6-9H,3-5,10H2,1-2H3. The number of carbonyl (C=O) groups is 1. The summed E-state index contributed by atoms with van der Waals surface area (Å²) >= 11 is 0. The van der Waals surface area contributed by atoms with Crippen LogP contribution in [0, 0.1) is 6.92 Å². The fourth-order valence-electron chi connectivity index (χ4n) is 1.88. The van der Waals surface area contributed by atoms with Gasteiger partial charge >= 0.3 is 5.97 Å². The van der Waals surface area contributed by atoms with Crippen LogP contribution in [0.15, 0.2) is 29.2 Å². The smallest absolute Gasteiger partial charge is 0.306 e. The van der Waals surface area contributed by atoms with E-state index in [-0.39, 0.29) is 18.1 Å². The molecule has 2 rings (SSSR count). The number of rotatable bonds is 5. The van der Waals surface area contributed by atoms with Crippen LogP contribution in [0.1, 0.15) is 37.4 Å². The number of unbranched alkanes of at least 4 members (excludes halogenated alkanes) is 1. The molecule has 2 heterocycles. The van der Waals surface area contributed by atoms with Crippen LogP contribution in [0.5, 0.6) is 0 Å². The van der Waals surface area contributed by atoms with E-state index in [0.29, 0.717) is 17.8 Å². The summed E-state index contributed by atoms with van der Waals surface area (Å²) < 4.78 is 6.59. The van der Waals surface area contributed by atoms with E-state index in [4.69, 9.17) is 4.74 Å². The van der Waals surface area contributed by atoms with E-state index in [1.165, 1.54) is 10.5 Å². The van der Waals surface area contributed by atoms with Gasteiger partial charge in [-0.05, 0) is 25.0 Å². The Bertz CT molecular complexity index is 676. The fourth-order valence-corrected chi connectivity index (χ4v) is 1.88. The van der Waals surface area contributed by atoms with Crippen LogP contribution >= 0.6 is 0 Å². The molecule has 106 valence electrons. The molecule has 0 aliphatic heterocycles. The molecule has 2 aromatic rings. The molecule has 0 N–H and O–H groups in total. The van der Waals surface area contributed by atoms with Crippen LogP contribution in [0.4, 0.5) is 0 Å². The van der Waals surface area contributed by atoms with Gasteiger partial charge in [0.25, 0.3) is 5.56 Å². The first-order valence-corrected chi connectivity index (χ1v) is 6.74. The number of hydrogen-bond donors (Lipinski definition) is 0. The summed E-state index contributed by atoms with van der Waals surface area (Å²) in [6.45, 7) is 3.97. The zero-order chi connectivity index (χ0) is 14.5. The largest absolute Gasteiger partial charge is 0.459 e. The topological polar surface area (TPSA) is 60.7 Å². The van der Waals surface area contributed by atoms with Crippen LogP contribution in [0.2, 0.25) is 0 Å². The lowest BCUT2D eigenvalue weighted by Crippen LogP contribution is -2.16. The normalized spacial score (nSPS) is 10.7. The molecule has 0 aliphatic rings. The zero-order valence-electron chi connectivity index (χ0n) is 11.8. The Balaban J connectivity index is 2.14. The number of nitrogens with zero attached hydrogens (tertiary/aromatic N) is 2. The highest BCUT2D eigenvalue weighted by Gasteiger charge is 2.06. The van der Waals surface area contributed by atoms with E-state index in [1.54, 1.807) is 12.3 Å². The van der Waals surface area contributed by atoms with Gasteiger partial charge in [0.2, 0.25) is 0 Å². The molecule has 0 amide bonds. The maximum Gasteiger partial charge on any atom is 0.306 e. The molecule has 0 saturated heterocycles. The van der Waals surface area contributed by atoms with Crippen LogP contribution in [-0.4, -0.2) is 15.4 Å². The van der Waals surface area contributed by atoms with Crippen LogP contribution in [0.3, 0.4) is 0 Å². The van der Waals surface area contributed by atoms with E-state index < -0.39 is 0 Å². The van der Waals surface area contributed by atoms with Crippen molar-refractivity contribution in [3.63, 3.8) is 0 Å². The van der Waals surface area contributed by atoms with Gasteiger partial charge in [0.15, 0.2) is 0 Å². The van der Waals surface area contributed by atoms with E-state index in [2.05, 4.69) is 4.98 Å². The van der Waals surface area contributed by atoms with E-state index in [1.807, 2.05) is 19.9 Å². The predicted octanol–water partition coefficient (Wildman–Crippen LogP) is 2.24. The van der Waals surface area contributed by atoms with Crippen molar-refractivity contribution in [2.45, 2.75) is 39.7 Å². The molecule has 5 nitrogen and oxygen atoms in total. The summed E-state index contributed by atoms with van der Waals surface area (Å²) in [5.74, 6) is -0.252. The Morgan fingerprint density at radius 1 is 1.40 bits per heavy atom. The molecule has 0 radical (unpaired) electrons. The number of esters is 1. The molecule has 0 atom stereocenters. The summed E-state index contributed by atoms with van der Waals surface area (Å²) in [5, 5.41) is 0. The summed E-state index contributed by atoms with van der Waals surface area (Å²) in [6.07, 6.45) is 3.90. The molecular weight excluding hydrogens is 256 g/mol. The minimum Gasteiger partial charge on any atom is -0.459 e. The summed E-state index contributed by atoms with van der Waals surface area (Å²) in [4.78, 5) is 27.7. The maximum atomic E-state index is 12.0. The molecule has 2 aromatic heterocycles. The van der Waals surface area contributed by atoms with Gasteiger partial charge in [0, 0.05) is 18.7 Å². The molecule has 0 saturated carbocycles. The molecule has 5 heteroatoms. The van der Waals surface area contributed by atoms with Gasteiger partial charge in [-0.2, -0.15) is 0 Å². The van der Waals surface area contributed by atoms with E-state index >= 15 is 0 Å². The zero-order valence-corrected chi connectivity index (χ0v) is 11.8. The summed E-state index contributed by atoms with van der Waals surface area (Å²) in [5.41, 5.74) is 1.85. The van der Waals surface area contributed by atoms with Crippen molar-refractivity contribution < 1.29 is 9.53 Å². The third-order valence-corrected chi connectivity index (χ3v) is 2.98. The van der Waals surface area contributed by atoms with Gasteiger partial charge < -0.3 is 4.74 Å². The summed E-state index contributed by atoms with van der Waals surface area (Å²) in [6, 6.07) is 5.07. The highest BCUT2D eigenvalue weighted by atomic mass is 16.5. The Morgan fingerprint density at radius 2 is 2.20 bits per heavy atom. The molecule has 0 bridgehead atoms. The van der Waals surface area contributed by atoms with Gasteiger partial charge in [0.05, 0.1) is 5.69 Å². The lowest BCUT2D eigenvalue weighted by Gasteiger charge is -2.06.